The number of carbonyl (C=O) groups is 2. The Bertz CT molecular complexity index is 608. The minimum atomic E-state index is 0.0217. The van der Waals surface area contributed by atoms with Crippen LogP contribution in [-0.2, 0) is 16.0 Å². The van der Waals surface area contributed by atoms with E-state index in [2.05, 4.69) is 17.3 Å². The molecule has 1 heterocycles. The molecule has 136 valence electrons. The number of anilines is 1. The molecule has 0 aromatic heterocycles. The molecule has 2 amide bonds. The molecule has 2 unspecified atom stereocenters. The molecule has 3 N–H and O–H groups in total. The fourth-order valence-corrected chi connectivity index (χ4v) is 3.55. The van der Waals surface area contributed by atoms with Gasteiger partial charge in [-0.25, -0.2) is 0 Å². The molecule has 3 rings (SSSR count). The van der Waals surface area contributed by atoms with Crippen LogP contribution in [-0.4, -0.2) is 60.9 Å². The monoisotopic (exact) mass is 344 g/mol. The quantitative estimate of drug-likeness (QED) is 0.856. The Morgan fingerprint density at radius 1 is 1.12 bits per heavy atom. The van der Waals surface area contributed by atoms with Crippen molar-refractivity contribution in [2.24, 2.45) is 11.7 Å². The van der Waals surface area contributed by atoms with E-state index in [-0.39, 0.29) is 23.8 Å². The zero-order valence-corrected chi connectivity index (χ0v) is 14.9. The van der Waals surface area contributed by atoms with E-state index < -0.39 is 0 Å². The van der Waals surface area contributed by atoms with Crippen molar-refractivity contribution in [2.45, 2.75) is 31.7 Å². The van der Waals surface area contributed by atoms with E-state index in [1.165, 1.54) is 0 Å². The van der Waals surface area contributed by atoms with Crippen molar-refractivity contribution >= 4 is 17.5 Å². The summed E-state index contributed by atoms with van der Waals surface area (Å²) in [5, 5.41) is 2.96. The topological polar surface area (TPSA) is 78.7 Å². The number of piperazine rings is 1. The van der Waals surface area contributed by atoms with Crippen molar-refractivity contribution in [1.82, 2.24) is 9.80 Å². The lowest BCUT2D eigenvalue weighted by Crippen LogP contribution is -2.47. The molecule has 2 atom stereocenters. The summed E-state index contributed by atoms with van der Waals surface area (Å²) >= 11 is 0. The van der Waals surface area contributed by atoms with Crippen LogP contribution in [0.2, 0.25) is 0 Å². The minimum Gasteiger partial charge on any atom is -0.340 e. The Hall–Kier alpha value is -1.92. The average Bonchev–Trinajstić information content (AvgIpc) is 3.04. The van der Waals surface area contributed by atoms with Crippen molar-refractivity contribution in [3.8, 4) is 0 Å². The highest BCUT2D eigenvalue weighted by Crippen LogP contribution is 2.25. The minimum absolute atomic E-state index is 0.0217. The van der Waals surface area contributed by atoms with Gasteiger partial charge in [-0.1, -0.05) is 12.1 Å². The van der Waals surface area contributed by atoms with Gasteiger partial charge in [-0.15, -0.1) is 0 Å². The second-order valence-corrected chi connectivity index (χ2v) is 7.32. The molecule has 2 fully saturated rings. The number of benzene rings is 1. The van der Waals surface area contributed by atoms with E-state index >= 15 is 0 Å². The van der Waals surface area contributed by atoms with Crippen LogP contribution in [0, 0.1) is 5.92 Å². The van der Waals surface area contributed by atoms with E-state index in [1.54, 1.807) is 0 Å². The standard InChI is InChI=1S/C19H28N4O2/c1-22-8-10-23(11-9-22)18(24)12-14-2-6-17(7-3-14)21-19(25)15-4-5-16(20)13-15/h2-3,6-7,15-16H,4-5,8-13,20H2,1H3,(H,21,25). The first kappa shape index (κ1) is 17.9. The first-order valence-corrected chi connectivity index (χ1v) is 9.13. The van der Waals surface area contributed by atoms with E-state index in [0.29, 0.717) is 6.42 Å². The number of nitrogens with two attached hydrogens (primary N) is 1. The lowest BCUT2D eigenvalue weighted by atomic mass is 10.1. The summed E-state index contributed by atoms with van der Waals surface area (Å²) in [5.74, 6) is 0.243. The van der Waals surface area contributed by atoms with Gasteiger partial charge in [-0.2, -0.15) is 0 Å². The molecular formula is C19H28N4O2. The Balaban J connectivity index is 1.50. The number of carbonyl (C=O) groups excluding carboxylic acids is 2. The Labute approximate surface area is 149 Å². The largest absolute Gasteiger partial charge is 0.340 e. The Morgan fingerprint density at radius 3 is 2.40 bits per heavy atom. The number of rotatable bonds is 4. The van der Waals surface area contributed by atoms with Crippen LogP contribution in [0.1, 0.15) is 24.8 Å². The van der Waals surface area contributed by atoms with E-state index in [1.807, 2.05) is 29.2 Å². The molecule has 2 aliphatic rings. The number of hydrogen-bond acceptors (Lipinski definition) is 4. The zero-order chi connectivity index (χ0) is 17.8. The maximum Gasteiger partial charge on any atom is 0.227 e. The van der Waals surface area contributed by atoms with Gasteiger partial charge in [-0.3, -0.25) is 9.59 Å². The summed E-state index contributed by atoms with van der Waals surface area (Å²) in [6.07, 6.45) is 2.97. The highest BCUT2D eigenvalue weighted by molar-refractivity contribution is 5.92. The molecule has 6 nitrogen and oxygen atoms in total. The third-order valence-corrected chi connectivity index (χ3v) is 5.28. The molecule has 1 aliphatic heterocycles. The molecular weight excluding hydrogens is 316 g/mol. The predicted molar refractivity (Wildman–Crippen MR) is 98.2 cm³/mol. The first-order chi connectivity index (χ1) is 12.0. The molecule has 0 bridgehead atoms. The maximum atomic E-state index is 12.4. The van der Waals surface area contributed by atoms with Crippen molar-refractivity contribution < 1.29 is 9.59 Å². The summed E-state index contributed by atoms with van der Waals surface area (Å²) in [5.41, 5.74) is 7.63. The van der Waals surface area contributed by atoms with Crippen molar-refractivity contribution in [3.63, 3.8) is 0 Å². The predicted octanol–water partition coefficient (Wildman–Crippen LogP) is 1.07. The van der Waals surface area contributed by atoms with E-state index in [0.717, 1.165) is 56.7 Å². The third kappa shape index (κ3) is 4.80. The van der Waals surface area contributed by atoms with Crippen LogP contribution >= 0.6 is 0 Å². The summed E-state index contributed by atoms with van der Waals surface area (Å²) in [6.45, 7) is 3.46. The van der Waals surface area contributed by atoms with Gasteiger partial charge in [0.2, 0.25) is 11.8 Å². The van der Waals surface area contributed by atoms with Gasteiger partial charge in [0.05, 0.1) is 6.42 Å². The van der Waals surface area contributed by atoms with Crippen LogP contribution in [0.25, 0.3) is 0 Å². The van der Waals surface area contributed by atoms with Crippen LogP contribution in [0.4, 0.5) is 5.69 Å². The van der Waals surface area contributed by atoms with Crippen LogP contribution in [0.3, 0.4) is 0 Å². The fourth-order valence-electron chi connectivity index (χ4n) is 3.55. The van der Waals surface area contributed by atoms with Gasteiger partial charge < -0.3 is 20.9 Å². The molecule has 1 aromatic rings. The molecule has 1 aromatic carbocycles. The van der Waals surface area contributed by atoms with Gasteiger partial charge in [0.25, 0.3) is 0 Å². The van der Waals surface area contributed by atoms with Gasteiger partial charge in [0, 0.05) is 43.8 Å². The van der Waals surface area contributed by atoms with Crippen LogP contribution < -0.4 is 11.1 Å². The Morgan fingerprint density at radius 2 is 1.80 bits per heavy atom. The maximum absolute atomic E-state index is 12.4. The zero-order valence-electron chi connectivity index (χ0n) is 14.9. The first-order valence-electron chi connectivity index (χ1n) is 9.13. The third-order valence-electron chi connectivity index (χ3n) is 5.28. The molecule has 6 heteroatoms. The molecule has 0 spiro atoms. The fraction of sp³-hybridized carbons (Fsp3) is 0.579. The number of nitrogens with zero attached hydrogens (tertiary/aromatic N) is 2. The van der Waals surface area contributed by atoms with Crippen LogP contribution in [0.5, 0.6) is 0 Å². The number of hydrogen-bond donors (Lipinski definition) is 2. The summed E-state index contributed by atoms with van der Waals surface area (Å²) in [4.78, 5) is 28.8. The summed E-state index contributed by atoms with van der Waals surface area (Å²) in [7, 11) is 2.08. The number of amides is 2. The molecule has 1 saturated carbocycles. The van der Waals surface area contributed by atoms with E-state index in [4.69, 9.17) is 5.73 Å². The van der Waals surface area contributed by atoms with E-state index in [9.17, 15) is 9.59 Å². The van der Waals surface area contributed by atoms with Gasteiger partial charge >= 0.3 is 0 Å². The van der Waals surface area contributed by atoms with Crippen molar-refractivity contribution in [2.75, 3.05) is 38.5 Å². The lowest BCUT2D eigenvalue weighted by molar-refractivity contribution is -0.132. The van der Waals surface area contributed by atoms with Gasteiger partial charge in [0.1, 0.15) is 0 Å². The molecule has 25 heavy (non-hydrogen) atoms. The lowest BCUT2D eigenvalue weighted by Gasteiger charge is -2.32. The highest BCUT2D eigenvalue weighted by Gasteiger charge is 2.27. The number of nitrogens with one attached hydrogen (secondary N) is 1. The van der Waals surface area contributed by atoms with Crippen molar-refractivity contribution in [3.05, 3.63) is 29.8 Å². The SMILES string of the molecule is CN1CCN(C(=O)Cc2ccc(NC(=O)C3CCC(N)C3)cc2)CC1. The molecule has 0 radical (unpaired) electrons. The smallest absolute Gasteiger partial charge is 0.227 e. The Kier molecular flexibility index (Phi) is 5.71. The molecule has 1 aliphatic carbocycles. The normalized spacial score (nSPS) is 24.3. The molecule has 1 saturated heterocycles. The average molecular weight is 344 g/mol. The van der Waals surface area contributed by atoms with Crippen molar-refractivity contribution in [1.29, 1.82) is 0 Å². The summed E-state index contributed by atoms with van der Waals surface area (Å²) < 4.78 is 0. The van der Waals surface area contributed by atoms with Crippen LogP contribution in [0.15, 0.2) is 24.3 Å². The highest BCUT2D eigenvalue weighted by atomic mass is 16.2. The van der Waals surface area contributed by atoms with Gasteiger partial charge in [-0.05, 0) is 44.0 Å². The second-order valence-electron chi connectivity index (χ2n) is 7.32. The second kappa shape index (κ2) is 7.97. The summed E-state index contributed by atoms with van der Waals surface area (Å²) in [6, 6.07) is 7.74. The van der Waals surface area contributed by atoms with Gasteiger partial charge in [0.15, 0.2) is 0 Å². The number of likely N-dealkylation sites (N-methyl/N-ethyl adjacent to an activating group) is 1.